The quantitative estimate of drug-likeness (QED) is 0.886. The van der Waals surface area contributed by atoms with E-state index in [1.54, 1.807) is 0 Å². The zero-order valence-electron chi connectivity index (χ0n) is 12.2. The standard InChI is InChI=1S/C16H26N2O/c1-16(2,17)14-8-4-5-9-15(14)19-13-12-18-10-6-3-7-11-18/h4-5,8-9H,3,6-7,10-13,17H2,1-2H3. The van der Waals surface area contributed by atoms with Crippen molar-refractivity contribution in [2.45, 2.75) is 38.6 Å². The van der Waals surface area contributed by atoms with Crippen LogP contribution < -0.4 is 10.5 Å². The van der Waals surface area contributed by atoms with E-state index in [1.807, 2.05) is 32.0 Å². The van der Waals surface area contributed by atoms with Crippen molar-refractivity contribution in [3.8, 4) is 5.75 Å². The predicted molar refractivity (Wildman–Crippen MR) is 79.4 cm³/mol. The van der Waals surface area contributed by atoms with E-state index in [1.165, 1.54) is 32.4 Å². The van der Waals surface area contributed by atoms with Crippen LogP contribution in [-0.4, -0.2) is 31.1 Å². The Balaban J connectivity index is 1.88. The van der Waals surface area contributed by atoms with Gasteiger partial charge in [-0.15, -0.1) is 0 Å². The number of benzene rings is 1. The third kappa shape index (κ3) is 4.22. The van der Waals surface area contributed by atoms with Crippen LogP contribution in [0.5, 0.6) is 5.75 Å². The minimum atomic E-state index is -0.359. The highest BCUT2D eigenvalue weighted by Gasteiger charge is 2.19. The molecule has 0 saturated carbocycles. The first-order chi connectivity index (χ1) is 9.07. The van der Waals surface area contributed by atoms with Gasteiger partial charge in [0.25, 0.3) is 0 Å². The van der Waals surface area contributed by atoms with E-state index in [2.05, 4.69) is 11.0 Å². The first-order valence-electron chi connectivity index (χ1n) is 7.31. The molecule has 1 aliphatic rings. The monoisotopic (exact) mass is 262 g/mol. The van der Waals surface area contributed by atoms with Gasteiger partial charge in [0.05, 0.1) is 0 Å². The van der Waals surface area contributed by atoms with Crippen molar-refractivity contribution < 1.29 is 4.74 Å². The van der Waals surface area contributed by atoms with Crippen molar-refractivity contribution in [3.63, 3.8) is 0 Å². The highest BCUT2D eigenvalue weighted by atomic mass is 16.5. The first-order valence-corrected chi connectivity index (χ1v) is 7.31. The number of hydrogen-bond acceptors (Lipinski definition) is 3. The molecule has 1 aliphatic heterocycles. The predicted octanol–water partition coefficient (Wildman–Crippen LogP) is 2.75. The number of hydrogen-bond donors (Lipinski definition) is 1. The molecule has 1 heterocycles. The van der Waals surface area contributed by atoms with E-state index in [0.717, 1.165) is 24.5 Å². The highest BCUT2D eigenvalue weighted by molar-refractivity contribution is 5.37. The van der Waals surface area contributed by atoms with Crippen LogP contribution in [0.2, 0.25) is 0 Å². The molecule has 2 rings (SSSR count). The van der Waals surface area contributed by atoms with E-state index < -0.39 is 0 Å². The number of para-hydroxylation sites is 1. The Morgan fingerprint density at radius 2 is 1.84 bits per heavy atom. The third-order valence-corrected chi connectivity index (χ3v) is 3.70. The molecule has 0 bridgehead atoms. The van der Waals surface area contributed by atoms with Gasteiger partial charge in [-0.1, -0.05) is 24.6 Å². The van der Waals surface area contributed by atoms with Crippen LogP contribution in [-0.2, 0) is 5.54 Å². The number of ether oxygens (including phenoxy) is 1. The topological polar surface area (TPSA) is 38.5 Å². The molecular weight excluding hydrogens is 236 g/mol. The van der Waals surface area contributed by atoms with Gasteiger partial charge in [0, 0.05) is 17.6 Å². The zero-order chi connectivity index (χ0) is 13.7. The summed E-state index contributed by atoms with van der Waals surface area (Å²) >= 11 is 0. The molecule has 1 fully saturated rings. The number of likely N-dealkylation sites (tertiary alicyclic amines) is 1. The number of piperidine rings is 1. The van der Waals surface area contributed by atoms with Crippen molar-refractivity contribution >= 4 is 0 Å². The summed E-state index contributed by atoms with van der Waals surface area (Å²) in [5.74, 6) is 0.923. The lowest BCUT2D eigenvalue weighted by atomic mass is 9.95. The SMILES string of the molecule is CC(C)(N)c1ccccc1OCCN1CCCCC1. The van der Waals surface area contributed by atoms with Crippen LogP contribution in [0.15, 0.2) is 24.3 Å². The summed E-state index contributed by atoms with van der Waals surface area (Å²) in [5, 5.41) is 0. The van der Waals surface area contributed by atoms with Gasteiger partial charge < -0.3 is 10.5 Å². The fourth-order valence-electron chi connectivity index (χ4n) is 2.59. The van der Waals surface area contributed by atoms with E-state index in [-0.39, 0.29) is 5.54 Å². The molecule has 0 atom stereocenters. The maximum absolute atomic E-state index is 6.18. The average molecular weight is 262 g/mol. The summed E-state index contributed by atoms with van der Waals surface area (Å²) in [7, 11) is 0. The maximum atomic E-state index is 6.18. The molecule has 19 heavy (non-hydrogen) atoms. The maximum Gasteiger partial charge on any atom is 0.124 e. The summed E-state index contributed by atoms with van der Waals surface area (Å²) in [6.45, 7) is 8.22. The normalized spacial score (nSPS) is 17.4. The van der Waals surface area contributed by atoms with Gasteiger partial charge in [-0.25, -0.2) is 0 Å². The van der Waals surface area contributed by atoms with Crippen LogP contribution in [0.25, 0.3) is 0 Å². The van der Waals surface area contributed by atoms with Crippen LogP contribution in [0.4, 0.5) is 0 Å². The second kappa shape index (κ2) is 6.40. The van der Waals surface area contributed by atoms with Gasteiger partial charge in [0.15, 0.2) is 0 Å². The third-order valence-electron chi connectivity index (χ3n) is 3.70. The smallest absolute Gasteiger partial charge is 0.124 e. The molecule has 2 N–H and O–H groups in total. The average Bonchev–Trinajstić information content (AvgIpc) is 2.39. The van der Waals surface area contributed by atoms with Crippen LogP contribution in [0.3, 0.4) is 0 Å². The minimum absolute atomic E-state index is 0.359. The summed E-state index contributed by atoms with van der Waals surface area (Å²) in [4.78, 5) is 2.49. The lowest BCUT2D eigenvalue weighted by Crippen LogP contribution is -2.34. The molecule has 1 aromatic carbocycles. The van der Waals surface area contributed by atoms with Crippen molar-refractivity contribution in [2.75, 3.05) is 26.2 Å². The molecule has 106 valence electrons. The van der Waals surface area contributed by atoms with Crippen LogP contribution in [0.1, 0.15) is 38.7 Å². The second-order valence-corrected chi connectivity index (χ2v) is 5.97. The van der Waals surface area contributed by atoms with Gasteiger partial charge in [0.2, 0.25) is 0 Å². The largest absolute Gasteiger partial charge is 0.492 e. The van der Waals surface area contributed by atoms with Crippen molar-refractivity contribution in [3.05, 3.63) is 29.8 Å². The Kier molecular flexibility index (Phi) is 4.83. The van der Waals surface area contributed by atoms with Crippen LogP contribution in [0, 0.1) is 0 Å². The molecule has 3 nitrogen and oxygen atoms in total. The summed E-state index contributed by atoms with van der Waals surface area (Å²) < 4.78 is 5.94. The van der Waals surface area contributed by atoms with Crippen molar-refractivity contribution in [2.24, 2.45) is 5.73 Å². The molecule has 0 amide bonds. The summed E-state index contributed by atoms with van der Waals surface area (Å²) in [6, 6.07) is 8.09. The molecule has 1 aromatic rings. The first kappa shape index (κ1) is 14.4. The van der Waals surface area contributed by atoms with Crippen molar-refractivity contribution in [1.82, 2.24) is 4.90 Å². The minimum Gasteiger partial charge on any atom is -0.492 e. The molecule has 0 aromatic heterocycles. The highest BCUT2D eigenvalue weighted by Crippen LogP contribution is 2.27. The fourth-order valence-corrected chi connectivity index (χ4v) is 2.59. The van der Waals surface area contributed by atoms with Gasteiger partial charge in [-0.05, 0) is 45.8 Å². The molecule has 0 aliphatic carbocycles. The van der Waals surface area contributed by atoms with Gasteiger partial charge >= 0.3 is 0 Å². The lowest BCUT2D eigenvalue weighted by molar-refractivity contribution is 0.182. The number of nitrogens with zero attached hydrogens (tertiary/aromatic N) is 1. The Labute approximate surface area is 116 Å². The Morgan fingerprint density at radius 3 is 2.53 bits per heavy atom. The Morgan fingerprint density at radius 1 is 1.16 bits per heavy atom. The number of nitrogens with two attached hydrogens (primary N) is 1. The van der Waals surface area contributed by atoms with Gasteiger partial charge in [-0.2, -0.15) is 0 Å². The number of rotatable bonds is 5. The Bertz CT molecular complexity index is 392. The Hall–Kier alpha value is -1.06. The molecular formula is C16H26N2O. The fraction of sp³-hybridized carbons (Fsp3) is 0.625. The molecule has 0 unspecified atom stereocenters. The van der Waals surface area contributed by atoms with Gasteiger partial charge in [0.1, 0.15) is 12.4 Å². The molecule has 3 heteroatoms. The summed E-state index contributed by atoms with van der Waals surface area (Å²) in [5.41, 5.74) is 6.90. The second-order valence-electron chi connectivity index (χ2n) is 5.97. The van der Waals surface area contributed by atoms with E-state index in [4.69, 9.17) is 10.5 Å². The van der Waals surface area contributed by atoms with E-state index in [9.17, 15) is 0 Å². The zero-order valence-corrected chi connectivity index (χ0v) is 12.2. The van der Waals surface area contributed by atoms with E-state index in [0.29, 0.717) is 0 Å². The van der Waals surface area contributed by atoms with E-state index >= 15 is 0 Å². The molecule has 0 spiro atoms. The lowest BCUT2D eigenvalue weighted by Gasteiger charge is -2.27. The van der Waals surface area contributed by atoms with Crippen LogP contribution >= 0.6 is 0 Å². The molecule has 0 radical (unpaired) electrons. The molecule has 1 saturated heterocycles. The van der Waals surface area contributed by atoms with Gasteiger partial charge in [-0.3, -0.25) is 4.90 Å². The summed E-state index contributed by atoms with van der Waals surface area (Å²) in [6.07, 6.45) is 4.03. The van der Waals surface area contributed by atoms with Crippen molar-refractivity contribution in [1.29, 1.82) is 0 Å².